The average Bonchev–Trinajstić information content (AvgIpc) is 2.42. The fourth-order valence-electron chi connectivity index (χ4n) is 1.74. The third-order valence-electron chi connectivity index (χ3n) is 2.67. The highest BCUT2D eigenvalue weighted by Gasteiger charge is 2.14. The number of allylic oxidation sites excluding steroid dienone is 1. The summed E-state index contributed by atoms with van der Waals surface area (Å²) in [7, 11) is 0. The molecule has 2 rings (SSSR count). The molecule has 0 saturated heterocycles. The van der Waals surface area contributed by atoms with E-state index in [-0.39, 0.29) is 21.2 Å². The first-order valence-electron chi connectivity index (χ1n) is 5.54. The summed E-state index contributed by atoms with van der Waals surface area (Å²) in [5, 5.41) is 8.55. The minimum absolute atomic E-state index is 0.115. The van der Waals surface area contributed by atoms with Gasteiger partial charge in [0.15, 0.2) is 0 Å². The molecule has 20 heavy (non-hydrogen) atoms. The summed E-state index contributed by atoms with van der Waals surface area (Å²) in [6.07, 6.45) is 2.49. The molecule has 0 N–H and O–H groups in total. The van der Waals surface area contributed by atoms with Crippen LogP contribution in [0.5, 0.6) is 0 Å². The van der Waals surface area contributed by atoms with Crippen molar-refractivity contribution in [3.63, 3.8) is 0 Å². The molecule has 2 aromatic rings. The molecule has 0 bridgehead atoms. The highest BCUT2D eigenvalue weighted by molar-refractivity contribution is 6.34. The van der Waals surface area contributed by atoms with Crippen LogP contribution in [0.15, 0.2) is 36.4 Å². The summed E-state index contributed by atoms with van der Waals surface area (Å²) in [5.41, 5.74) is 0.700. The van der Waals surface area contributed by atoms with Gasteiger partial charge in [0.2, 0.25) is 0 Å². The van der Waals surface area contributed by atoms with Crippen LogP contribution in [-0.2, 0) is 0 Å². The van der Waals surface area contributed by atoms with Gasteiger partial charge in [-0.05, 0) is 29.8 Å². The van der Waals surface area contributed by atoms with E-state index in [1.54, 1.807) is 6.07 Å². The highest BCUT2D eigenvalue weighted by Crippen LogP contribution is 2.34. The van der Waals surface area contributed by atoms with Crippen LogP contribution in [0, 0.1) is 23.0 Å². The summed E-state index contributed by atoms with van der Waals surface area (Å²) in [6, 6.07) is 8.59. The van der Waals surface area contributed by atoms with Gasteiger partial charge >= 0.3 is 0 Å². The van der Waals surface area contributed by atoms with E-state index in [9.17, 15) is 8.78 Å². The molecular formula is C15H7Cl2F2N. The van der Waals surface area contributed by atoms with E-state index in [1.807, 2.05) is 0 Å². The van der Waals surface area contributed by atoms with E-state index in [0.717, 1.165) is 12.1 Å². The second-order valence-corrected chi connectivity index (χ2v) is 4.73. The lowest BCUT2D eigenvalue weighted by atomic mass is 10.0. The van der Waals surface area contributed by atoms with Crippen molar-refractivity contribution in [2.45, 2.75) is 0 Å². The Hall–Kier alpha value is -1.89. The third-order valence-corrected chi connectivity index (χ3v) is 3.27. The number of hydrogen-bond donors (Lipinski definition) is 0. The second-order valence-electron chi connectivity index (χ2n) is 3.92. The maximum atomic E-state index is 14.4. The van der Waals surface area contributed by atoms with E-state index in [1.165, 1.54) is 30.3 Å². The Kier molecular flexibility index (Phi) is 4.39. The van der Waals surface area contributed by atoms with Gasteiger partial charge in [0.1, 0.15) is 11.6 Å². The minimum atomic E-state index is -0.591. The molecule has 5 heteroatoms. The van der Waals surface area contributed by atoms with Crippen LogP contribution in [-0.4, -0.2) is 0 Å². The molecule has 0 amide bonds. The maximum absolute atomic E-state index is 14.4. The van der Waals surface area contributed by atoms with Gasteiger partial charge < -0.3 is 0 Å². The topological polar surface area (TPSA) is 23.8 Å². The van der Waals surface area contributed by atoms with Crippen LogP contribution in [0.25, 0.3) is 17.2 Å². The molecule has 0 aliphatic carbocycles. The number of benzene rings is 2. The molecule has 1 nitrogen and oxygen atoms in total. The Morgan fingerprint density at radius 1 is 1.05 bits per heavy atom. The SMILES string of the molecule is N#C/C=C\c1ccc(Cl)c(-c2ccc(F)c(Cl)c2)c1F. The van der Waals surface area contributed by atoms with E-state index in [0.29, 0.717) is 5.56 Å². The lowest BCUT2D eigenvalue weighted by Gasteiger charge is -2.09. The molecule has 0 aliphatic rings. The standard InChI is InChI=1S/C15H7Cl2F2N/c16-11-5-3-9(2-1-7-20)15(19)14(11)10-4-6-13(18)12(17)8-10/h1-6,8H/b2-1-. The molecule has 100 valence electrons. The number of hydrogen-bond acceptors (Lipinski definition) is 1. The van der Waals surface area contributed by atoms with Crippen molar-refractivity contribution in [1.29, 1.82) is 5.26 Å². The molecule has 0 aromatic heterocycles. The van der Waals surface area contributed by atoms with Gasteiger partial charge in [-0.1, -0.05) is 35.3 Å². The molecular weight excluding hydrogens is 303 g/mol. The Morgan fingerprint density at radius 2 is 1.80 bits per heavy atom. The molecule has 0 atom stereocenters. The van der Waals surface area contributed by atoms with Crippen LogP contribution < -0.4 is 0 Å². The Balaban J connectivity index is 2.64. The molecule has 0 unspecified atom stereocenters. The second kappa shape index (κ2) is 6.04. The number of rotatable bonds is 2. The summed E-state index contributed by atoms with van der Waals surface area (Å²) >= 11 is 11.7. The van der Waals surface area contributed by atoms with Gasteiger partial charge in [0, 0.05) is 17.2 Å². The summed E-state index contributed by atoms with van der Waals surface area (Å²) in [6.45, 7) is 0. The van der Waals surface area contributed by atoms with Crippen LogP contribution in [0.2, 0.25) is 10.0 Å². The van der Waals surface area contributed by atoms with Crippen LogP contribution in [0.4, 0.5) is 8.78 Å². The largest absolute Gasteiger partial charge is 0.206 e. The van der Waals surface area contributed by atoms with Crippen LogP contribution in [0.3, 0.4) is 0 Å². The molecule has 0 fully saturated rings. The van der Waals surface area contributed by atoms with E-state index >= 15 is 0 Å². The van der Waals surface area contributed by atoms with Crippen molar-refractivity contribution >= 4 is 29.3 Å². The fourth-order valence-corrected chi connectivity index (χ4v) is 2.18. The van der Waals surface area contributed by atoms with Crippen molar-refractivity contribution in [1.82, 2.24) is 0 Å². The first kappa shape index (κ1) is 14.5. The highest BCUT2D eigenvalue weighted by atomic mass is 35.5. The first-order chi connectivity index (χ1) is 9.54. The molecule has 0 radical (unpaired) electrons. The molecule has 0 heterocycles. The van der Waals surface area contributed by atoms with Crippen LogP contribution in [0.1, 0.15) is 5.56 Å². The van der Waals surface area contributed by atoms with Crippen molar-refractivity contribution in [3.05, 3.63) is 63.7 Å². The predicted octanol–water partition coefficient (Wildman–Crippen LogP) is 5.48. The smallest absolute Gasteiger partial charge is 0.141 e. The zero-order valence-electron chi connectivity index (χ0n) is 10.0. The third kappa shape index (κ3) is 2.82. The van der Waals surface area contributed by atoms with Crippen molar-refractivity contribution in [2.75, 3.05) is 0 Å². The van der Waals surface area contributed by atoms with E-state index < -0.39 is 11.6 Å². The summed E-state index contributed by atoms with van der Waals surface area (Å²) < 4.78 is 27.5. The van der Waals surface area contributed by atoms with E-state index in [4.69, 9.17) is 28.5 Å². The normalized spacial score (nSPS) is 10.8. The lowest BCUT2D eigenvalue weighted by molar-refractivity contribution is 0.625. The minimum Gasteiger partial charge on any atom is -0.206 e. The lowest BCUT2D eigenvalue weighted by Crippen LogP contribution is -1.91. The fraction of sp³-hybridized carbons (Fsp3) is 0. The summed E-state index contributed by atoms with van der Waals surface area (Å²) in [5.74, 6) is -1.18. The van der Waals surface area contributed by atoms with Crippen molar-refractivity contribution in [3.8, 4) is 17.2 Å². The van der Waals surface area contributed by atoms with Crippen molar-refractivity contribution in [2.24, 2.45) is 0 Å². The maximum Gasteiger partial charge on any atom is 0.141 e. The molecule has 0 spiro atoms. The Morgan fingerprint density at radius 3 is 2.45 bits per heavy atom. The average molecular weight is 310 g/mol. The van der Waals surface area contributed by atoms with Gasteiger partial charge in [-0.3, -0.25) is 0 Å². The molecule has 2 aromatic carbocycles. The first-order valence-corrected chi connectivity index (χ1v) is 6.29. The van der Waals surface area contributed by atoms with Crippen molar-refractivity contribution < 1.29 is 8.78 Å². The van der Waals surface area contributed by atoms with E-state index in [2.05, 4.69) is 0 Å². The van der Waals surface area contributed by atoms with Gasteiger partial charge in [-0.15, -0.1) is 0 Å². The van der Waals surface area contributed by atoms with Crippen LogP contribution >= 0.6 is 23.2 Å². The molecule has 0 saturated carbocycles. The number of nitrogens with zero attached hydrogens (tertiary/aromatic N) is 1. The predicted molar refractivity (Wildman–Crippen MR) is 76.5 cm³/mol. The summed E-state index contributed by atoms with van der Waals surface area (Å²) in [4.78, 5) is 0. The Labute approximate surface area is 124 Å². The van der Waals surface area contributed by atoms with Gasteiger partial charge in [0.25, 0.3) is 0 Å². The van der Waals surface area contributed by atoms with Gasteiger partial charge in [0.05, 0.1) is 16.1 Å². The quantitative estimate of drug-likeness (QED) is 0.674. The number of nitriles is 1. The zero-order valence-corrected chi connectivity index (χ0v) is 11.5. The monoisotopic (exact) mass is 309 g/mol. The molecule has 0 aliphatic heterocycles. The zero-order chi connectivity index (χ0) is 14.7. The number of halogens is 4. The van der Waals surface area contributed by atoms with Gasteiger partial charge in [-0.2, -0.15) is 5.26 Å². The Bertz CT molecular complexity index is 733. The van der Waals surface area contributed by atoms with Gasteiger partial charge in [-0.25, -0.2) is 8.78 Å².